The van der Waals surface area contributed by atoms with Crippen molar-refractivity contribution in [1.82, 2.24) is 15.3 Å². The number of rotatable bonds is 7. The molecule has 0 bridgehead atoms. The molecule has 1 heterocycles. The van der Waals surface area contributed by atoms with Crippen molar-refractivity contribution in [3.8, 4) is 11.1 Å². The van der Waals surface area contributed by atoms with Gasteiger partial charge in [0.05, 0.1) is 5.52 Å². The van der Waals surface area contributed by atoms with Crippen LogP contribution in [0.15, 0.2) is 48.8 Å². The van der Waals surface area contributed by atoms with E-state index in [0.29, 0.717) is 19.0 Å². The van der Waals surface area contributed by atoms with Gasteiger partial charge in [-0.1, -0.05) is 31.2 Å². The second kappa shape index (κ2) is 7.74. The van der Waals surface area contributed by atoms with Gasteiger partial charge in [-0.2, -0.15) is 0 Å². The van der Waals surface area contributed by atoms with E-state index in [4.69, 9.17) is 0 Å². The van der Waals surface area contributed by atoms with E-state index >= 15 is 0 Å². The zero-order valence-electron chi connectivity index (χ0n) is 15.5. The smallest absolute Gasteiger partial charge is 0.220 e. The van der Waals surface area contributed by atoms with Crippen LogP contribution < -0.4 is 10.6 Å². The predicted octanol–water partition coefficient (Wildman–Crippen LogP) is 4.29. The monoisotopic (exact) mass is 360 g/mol. The average Bonchev–Trinajstić information content (AvgIpc) is 3.51. The first-order valence-corrected chi connectivity index (χ1v) is 9.60. The molecule has 5 nitrogen and oxygen atoms in total. The molecular weight excluding hydrogens is 336 g/mol. The van der Waals surface area contributed by atoms with E-state index in [2.05, 4.69) is 44.9 Å². The van der Waals surface area contributed by atoms with Crippen LogP contribution in [0.3, 0.4) is 0 Å². The van der Waals surface area contributed by atoms with Crippen LogP contribution >= 0.6 is 0 Å². The highest BCUT2D eigenvalue weighted by atomic mass is 16.1. The summed E-state index contributed by atoms with van der Waals surface area (Å²) in [7, 11) is 0. The number of hydrogen-bond acceptors (Lipinski definition) is 4. The van der Waals surface area contributed by atoms with Crippen LogP contribution in [0.25, 0.3) is 22.0 Å². The fourth-order valence-corrected chi connectivity index (χ4v) is 3.15. The lowest BCUT2D eigenvalue weighted by molar-refractivity contribution is -0.121. The Morgan fingerprint density at radius 2 is 1.96 bits per heavy atom. The molecule has 2 aromatic carbocycles. The lowest BCUT2D eigenvalue weighted by Gasteiger charge is -2.10. The van der Waals surface area contributed by atoms with Crippen molar-refractivity contribution in [3.05, 3.63) is 54.4 Å². The van der Waals surface area contributed by atoms with Crippen LogP contribution in [-0.2, 0) is 11.3 Å². The molecule has 1 aliphatic carbocycles. The Labute approximate surface area is 159 Å². The Kier molecular flexibility index (Phi) is 5.01. The minimum Gasteiger partial charge on any atom is -0.367 e. The third-order valence-electron chi connectivity index (χ3n) is 4.78. The highest BCUT2D eigenvalue weighted by molar-refractivity contribution is 5.92. The second-order valence-electron chi connectivity index (χ2n) is 7.10. The molecule has 138 valence electrons. The quantitative estimate of drug-likeness (QED) is 0.660. The maximum absolute atomic E-state index is 11.7. The number of carbonyl (C=O) groups is 1. The molecule has 3 aromatic rings. The van der Waals surface area contributed by atoms with Crippen LogP contribution in [0.1, 0.15) is 38.2 Å². The number of carbonyl (C=O) groups excluding carboxylic acids is 1. The lowest BCUT2D eigenvalue weighted by atomic mass is 10.0. The first-order valence-electron chi connectivity index (χ1n) is 9.60. The highest BCUT2D eigenvalue weighted by Crippen LogP contribution is 2.30. The molecule has 4 rings (SSSR count). The average molecular weight is 360 g/mol. The van der Waals surface area contributed by atoms with Gasteiger partial charge in [0.15, 0.2) is 0 Å². The van der Waals surface area contributed by atoms with Gasteiger partial charge in [-0.25, -0.2) is 9.97 Å². The maximum Gasteiger partial charge on any atom is 0.220 e. The number of anilines is 1. The zero-order chi connectivity index (χ0) is 18.6. The number of benzene rings is 2. The molecule has 2 N–H and O–H groups in total. The van der Waals surface area contributed by atoms with Gasteiger partial charge in [0, 0.05) is 24.4 Å². The second-order valence-corrected chi connectivity index (χ2v) is 7.10. The van der Waals surface area contributed by atoms with Crippen molar-refractivity contribution >= 4 is 22.6 Å². The molecule has 27 heavy (non-hydrogen) atoms. The summed E-state index contributed by atoms with van der Waals surface area (Å²) in [6, 6.07) is 15.1. The number of nitrogens with zero attached hydrogens (tertiary/aromatic N) is 2. The molecule has 5 heteroatoms. The van der Waals surface area contributed by atoms with Gasteiger partial charge < -0.3 is 10.6 Å². The molecule has 1 aromatic heterocycles. The molecule has 0 saturated heterocycles. The van der Waals surface area contributed by atoms with Crippen LogP contribution in [0, 0.1) is 0 Å². The third kappa shape index (κ3) is 4.25. The van der Waals surface area contributed by atoms with Crippen LogP contribution in [-0.4, -0.2) is 21.9 Å². The van der Waals surface area contributed by atoms with E-state index in [9.17, 15) is 4.79 Å². The molecule has 0 atom stereocenters. The Bertz CT molecular complexity index is 965. The van der Waals surface area contributed by atoms with Gasteiger partial charge in [-0.05, 0) is 54.2 Å². The molecule has 0 aliphatic heterocycles. The number of aromatic nitrogens is 2. The van der Waals surface area contributed by atoms with Crippen molar-refractivity contribution in [3.63, 3.8) is 0 Å². The van der Waals surface area contributed by atoms with Gasteiger partial charge in [0.25, 0.3) is 0 Å². The van der Waals surface area contributed by atoms with E-state index in [1.165, 1.54) is 12.8 Å². The molecule has 1 amide bonds. The summed E-state index contributed by atoms with van der Waals surface area (Å²) in [5.41, 5.74) is 4.29. The molecule has 0 spiro atoms. The van der Waals surface area contributed by atoms with Crippen LogP contribution in [0.2, 0.25) is 0 Å². The molecule has 1 fully saturated rings. The van der Waals surface area contributed by atoms with Crippen molar-refractivity contribution in [2.75, 3.05) is 5.32 Å². The first kappa shape index (κ1) is 17.5. The Morgan fingerprint density at radius 1 is 1.11 bits per heavy atom. The fourth-order valence-electron chi connectivity index (χ4n) is 3.15. The number of fused-ring (bicyclic) bond motifs is 1. The number of nitrogens with one attached hydrogen (secondary N) is 2. The molecular formula is C22H24N4O. The van der Waals surface area contributed by atoms with E-state index in [1.54, 1.807) is 6.33 Å². The van der Waals surface area contributed by atoms with Crippen molar-refractivity contribution in [1.29, 1.82) is 0 Å². The number of amides is 1. The highest BCUT2D eigenvalue weighted by Gasteiger charge is 2.22. The molecule has 0 unspecified atom stereocenters. The van der Waals surface area contributed by atoms with Crippen LogP contribution in [0.4, 0.5) is 5.82 Å². The van der Waals surface area contributed by atoms with E-state index < -0.39 is 0 Å². The normalized spacial score (nSPS) is 13.5. The lowest BCUT2D eigenvalue weighted by Crippen LogP contribution is -2.22. The summed E-state index contributed by atoms with van der Waals surface area (Å²) in [5, 5.41) is 7.52. The summed E-state index contributed by atoms with van der Waals surface area (Å²) < 4.78 is 0. The van der Waals surface area contributed by atoms with Crippen LogP contribution in [0.5, 0.6) is 0 Å². The Balaban J connectivity index is 1.60. The standard InChI is InChI=1S/C22H24N4O/c1-2-4-21(27)23-13-15-5-3-6-16(11-15)17-7-10-20-19(12-17)22(25-14-24-20)26-18-8-9-18/h3,5-7,10-12,14,18H,2,4,8-9,13H2,1H3,(H,23,27)(H,24,25,26). The largest absolute Gasteiger partial charge is 0.367 e. The van der Waals surface area contributed by atoms with E-state index in [-0.39, 0.29) is 5.91 Å². The summed E-state index contributed by atoms with van der Waals surface area (Å²) >= 11 is 0. The minimum atomic E-state index is 0.0987. The van der Waals surface area contributed by atoms with Gasteiger partial charge in [0.1, 0.15) is 12.1 Å². The first-order chi connectivity index (χ1) is 13.2. The van der Waals surface area contributed by atoms with E-state index in [0.717, 1.165) is 39.8 Å². The summed E-state index contributed by atoms with van der Waals surface area (Å²) in [5.74, 6) is 1.01. The van der Waals surface area contributed by atoms with Crippen molar-refractivity contribution in [2.45, 2.75) is 45.2 Å². The summed E-state index contributed by atoms with van der Waals surface area (Å²) in [4.78, 5) is 20.5. The topological polar surface area (TPSA) is 66.9 Å². The number of hydrogen-bond donors (Lipinski definition) is 2. The zero-order valence-corrected chi connectivity index (χ0v) is 15.5. The maximum atomic E-state index is 11.7. The SMILES string of the molecule is CCCC(=O)NCc1cccc(-c2ccc3ncnc(NC4CC4)c3c2)c1. The predicted molar refractivity (Wildman–Crippen MR) is 108 cm³/mol. The minimum absolute atomic E-state index is 0.0987. The van der Waals surface area contributed by atoms with Gasteiger partial charge in [-0.3, -0.25) is 4.79 Å². The molecule has 1 saturated carbocycles. The van der Waals surface area contributed by atoms with E-state index in [1.807, 2.05) is 25.1 Å². The fraction of sp³-hybridized carbons (Fsp3) is 0.318. The molecule has 0 radical (unpaired) electrons. The third-order valence-corrected chi connectivity index (χ3v) is 4.78. The summed E-state index contributed by atoms with van der Waals surface area (Å²) in [6.07, 6.45) is 5.46. The van der Waals surface area contributed by atoms with Gasteiger partial charge in [0.2, 0.25) is 5.91 Å². The summed E-state index contributed by atoms with van der Waals surface area (Å²) in [6.45, 7) is 2.56. The Morgan fingerprint density at radius 3 is 2.78 bits per heavy atom. The van der Waals surface area contributed by atoms with Crippen molar-refractivity contribution in [2.24, 2.45) is 0 Å². The van der Waals surface area contributed by atoms with Gasteiger partial charge in [-0.15, -0.1) is 0 Å². The molecule has 1 aliphatic rings. The Hall–Kier alpha value is -2.95. The van der Waals surface area contributed by atoms with Crippen molar-refractivity contribution < 1.29 is 4.79 Å². The van der Waals surface area contributed by atoms with Gasteiger partial charge >= 0.3 is 0 Å².